The quantitative estimate of drug-likeness (QED) is 0.455. The van der Waals surface area contributed by atoms with Crippen LogP contribution in [0, 0.1) is 5.82 Å². The SMILES string of the molecule is CC[C@H](C(=O)NC(C)(C)C)N(Cc1ccc(F)cc1)C(=O)CSCc1ccc(Cl)cc1Cl. The zero-order chi connectivity index (χ0) is 23.9. The Morgan fingerprint density at radius 2 is 1.78 bits per heavy atom. The highest BCUT2D eigenvalue weighted by atomic mass is 35.5. The van der Waals surface area contributed by atoms with E-state index in [0.717, 1.165) is 11.1 Å². The number of halogens is 3. The van der Waals surface area contributed by atoms with Crippen LogP contribution < -0.4 is 5.32 Å². The smallest absolute Gasteiger partial charge is 0.243 e. The number of nitrogens with zero attached hydrogens (tertiary/aromatic N) is 1. The molecule has 0 aliphatic heterocycles. The molecule has 2 aromatic rings. The van der Waals surface area contributed by atoms with Crippen LogP contribution in [-0.2, 0) is 21.9 Å². The number of benzene rings is 2. The van der Waals surface area contributed by atoms with Gasteiger partial charge < -0.3 is 10.2 Å². The molecule has 0 aromatic heterocycles. The van der Waals surface area contributed by atoms with Gasteiger partial charge in [0.25, 0.3) is 0 Å². The van der Waals surface area contributed by atoms with E-state index in [1.165, 1.54) is 23.9 Å². The van der Waals surface area contributed by atoms with Crippen molar-refractivity contribution in [2.75, 3.05) is 5.75 Å². The lowest BCUT2D eigenvalue weighted by molar-refractivity contribution is -0.140. The maximum Gasteiger partial charge on any atom is 0.243 e. The highest BCUT2D eigenvalue weighted by Gasteiger charge is 2.30. The summed E-state index contributed by atoms with van der Waals surface area (Å²) in [7, 11) is 0. The van der Waals surface area contributed by atoms with Gasteiger partial charge in [0.05, 0.1) is 5.75 Å². The first-order chi connectivity index (χ1) is 15.0. The number of hydrogen-bond acceptors (Lipinski definition) is 3. The summed E-state index contributed by atoms with van der Waals surface area (Å²) in [5, 5.41) is 4.07. The van der Waals surface area contributed by atoms with Crippen LogP contribution in [0.5, 0.6) is 0 Å². The van der Waals surface area contributed by atoms with Crippen LogP contribution in [0.1, 0.15) is 45.2 Å². The Kier molecular flexibility index (Phi) is 9.86. The molecule has 1 N–H and O–H groups in total. The summed E-state index contributed by atoms with van der Waals surface area (Å²) in [5.74, 6) is -0.00242. The molecule has 4 nitrogen and oxygen atoms in total. The van der Waals surface area contributed by atoms with Crippen LogP contribution >= 0.6 is 35.0 Å². The van der Waals surface area contributed by atoms with Gasteiger partial charge in [-0.2, -0.15) is 0 Å². The van der Waals surface area contributed by atoms with E-state index in [1.54, 1.807) is 29.2 Å². The number of carbonyl (C=O) groups excluding carboxylic acids is 2. The van der Waals surface area contributed by atoms with Gasteiger partial charge in [0.15, 0.2) is 0 Å². The van der Waals surface area contributed by atoms with Gasteiger partial charge in [-0.15, -0.1) is 11.8 Å². The molecule has 2 amide bonds. The lowest BCUT2D eigenvalue weighted by atomic mass is 10.1. The Hall–Kier alpha value is -1.76. The van der Waals surface area contributed by atoms with Crippen LogP contribution in [0.2, 0.25) is 10.0 Å². The van der Waals surface area contributed by atoms with Crippen molar-refractivity contribution in [3.8, 4) is 0 Å². The van der Waals surface area contributed by atoms with Crippen molar-refractivity contribution in [3.63, 3.8) is 0 Å². The first kappa shape index (κ1) is 26.5. The van der Waals surface area contributed by atoms with E-state index >= 15 is 0 Å². The summed E-state index contributed by atoms with van der Waals surface area (Å²) < 4.78 is 13.3. The third-order valence-corrected chi connectivity index (χ3v) is 6.20. The molecule has 0 aliphatic carbocycles. The van der Waals surface area contributed by atoms with E-state index in [4.69, 9.17) is 23.2 Å². The van der Waals surface area contributed by atoms with Gasteiger partial charge in [-0.3, -0.25) is 9.59 Å². The van der Waals surface area contributed by atoms with E-state index < -0.39 is 11.6 Å². The summed E-state index contributed by atoms with van der Waals surface area (Å²) in [4.78, 5) is 27.7. The Labute approximate surface area is 203 Å². The molecule has 2 aromatic carbocycles. The molecule has 32 heavy (non-hydrogen) atoms. The van der Waals surface area contributed by atoms with Crippen molar-refractivity contribution in [2.45, 2.75) is 58.0 Å². The van der Waals surface area contributed by atoms with Gasteiger partial charge in [-0.25, -0.2) is 4.39 Å². The fourth-order valence-electron chi connectivity index (χ4n) is 3.13. The van der Waals surface area contributed by atoms with Crippen molar-refractivity contribution in [1.29, 1.82) is 0 Å². The normalized spacial score (nSPS) is 12.3. The Morgan fingerprint density at radius 1 is 1.12 bits per heavy atom. The predicted octanol–water partition coefficient (Wildman–Crippen LogP) is 6.09. The minimum absolute atomic E-state index is 0.166. The average molecular weight is 499 g/mol. The lowest BCUT2D eigenvalue weighted by Gasteiger charge is -2.33. The molecular formula is C24H29Cl2FN2O2S. The van der Waals surface area contributed by atoms with Crippen LogP contribution in [-0.4, -0.2) is 34.0 Å². The molecule has 174 valence electrons. The zero-order valence-corrected chi connectivity index (χ0v) is 21.1. The second kappa shape index (κ2) is 11.9. The minimum Gasteiger partial charge on any atom is -0.350 e. The molecule has 8 heteroatoms. The fraction of sp³-hybridized carbons (Fsp3) is 0.417. The number of nitrogens with one attached hydrogen (secondary N) is 1. The molecule has 0 radical (unpaired) electrons. The van der Waals surface area contributed by atoms with Crippen molar-refractivity contribution in [3.05, 3.63) is 69.5 Å². The highest BCUT2D eigenvalue weighted by molar-refractivity contribution is 7.99. The molecule has 2 rings (SSSR count). The van der Waals surface area contributed by atoms with Gasteiger partial charge in [-0.1, -0.05) is 48.3 Å². The first-order valence-electron chi connectivity index (χ1n) is 10.4. The molecule has 0 aliphatic rings. The van der Waals surface area contributed by atoms with Crippen LogP contribution in [0.15, 0.2) is 42.5 Å². The minimum atomic E-state index is -0.633. The molecule has 0 unspecified atom stereocenters. The summed E-state index contributed by atoms with van der Waals surface area (Å²) in [6.07, 6.45) is 0.461. The maximum atomic E-state index is 13.3. The van der Waals surface area contributed by atoms with E-state index in [0.29, 0.717) is 22.2 Å². The summed E-state index contributed by atoms with van der Waals surface area (Å²) in [5.41, 5.74) is 1.22. The molecule has 0 saturated carbocycles. The van der Waals surface area contributed by atoms with Crippen LogP contribution in [0.3, 0.4) is 0 Å². The molecular weight excluding hydrogens is 470 g/mol. The molecule has 1 atom stereocenters. The van der Waals surface area contributed by atoms with Gasteiger partial charge >= 0.3 is 0 Å². The summed E-state index contributed by atoms with van der Waals surface area (Å²) in [6, 6.07) is 10.6. The van der Waals surface area contributed by atoms with E-state index in [9.17, 15) is 14.0 Å². The van der Waals surface area contributed by atoms with Gasteiger partial charge in [0.2, 0.25) is 11.8 Å². The van der Waals surface area contributed by atoms with Gasteiger partial charge in [0, 0.05) is 27.9 Å². The van der Waals surface area contributed by atoms with Crippen LogP contribution in [0.4, 0.5) is 4.39 Å². The Morgan fingerprint density at radius 3 is 2.34 bits per heavy atom. The molecule has 0 saturated heterocycles. The number of amides is 2. The second-order valence-electron chi connectivity index (χ2n) is 8.54. The van der Waals surface area contributed by atoms with Crippen molar-refractivity contribution in [2.24, 2.45) is 0 Å². The van der Waals surface area contributed by atoms with E-state index in [1.807, 2.05) is 33.8 Å². The van der Waals surface area contributed by atoms with Crippen LogP contribution in [0.25, 0.3) is 0 Å². The number of thioether (sulfide) groups is 1. The average Bonchev–Trinajstić information content (AvgIpc) is 2.69. The third-order valence-electron chi connectivity index (χ3n) is 4.65. The maximum absolute atomic E-state index is 13.3. The van der Waals surface area contributed by atoms with Gasteiger partial charge in [-0.05, 0) is 62.6 Å². The first-order valence-corrected chi connectivity index (χ1v) is 12.3. The predicted molar refractivity (Wildman–Crippen MR) is 132 cm³/mol. The van der Waals surface area contributed by atoms with E-state index in [2.05, 4.69) is 5.32 Å². The topological polar surface area (TPSA) is 49.4 Å². The number of rotatable bonds is 9. The van der Waals surface area contributed by atoms with E-state index in [-0.39, 0.29) is 29.9 Å². The van der Waals surface area contributed by atoms with Gasteiger partial charge in [0.1, 0.15) is 11.9 Å². The largest absolute Gasteiger partial charge is 0.350 e. The van der Waals surface area contributed by atoms with Crippen molar-refractivity contribution in [1.82, 2.24) is 10.2 Å². The second-order valence-corrected chi connectivity index (χ2v) is 10.4. The Bertz CT molecular complexity index is 933. The molecule has 0 bridgehead atoms. The highest BCUT2D eigenvalue weighted by Crippen LogP contribution is 2.25. The molecule has 0 spiro atoms. The van der Waals surface area contributed by atoms with Crippen molar-refractivity contribution >= 4 is 46.8 Å². The number of hydrogen-bond donors (Lipinski definition) is 1. The number of carbonyl (C=O) groups is 2. The Balaban J connectivity index is 2.16. The summed E-state index contributed by atoms with van der Waals surface area (Å²) in [6.45, 7) is 7.79. The standard InChI is InChI=1S/C24H29Cl2FN2O2S/c1-5-21(23(31)28-24(2,3)4)29(13-16-6-10-19(27)11-7-16)22(30)15-32-14-17-8-9-18(25)12-20(17)26/h6-12,21H,5,13-15H2,1-4H3,(H,28,31)/t21-/m1/s1. The lowest BCUT2D eigenvalue weighted by Crippen LogP contribution is -2.53. The summed E-state index contributed by atoms with van der Waals surface area (Å²) >= 11 is 13.6. The van der Waals surface area contributed by atoms with Crippen molar-refractivity contribution < 1.29 is 14.0 Å². The fourth-order valence-corrected chi connectivity index (χ4v) is 4.60. The zero-order valence-electron chi connectivity index (χ0n) is 18.8. The third kappa shape index (κ3) is 8.30. The molecule has 0 heterocycles. The molecule has 0 fully saturated rings. The monoisotopic (exact) mass is 498 g/mol.